The van der Waals surface area contributed by atoms with Gasteiger partial charge in [-0.25, -0.2) is 0 Å². The molecule has 0 aromatic carbocycles. The summed E-state index contributed by atoms with van der Waals surface area (Å²) in [4.78, 5) is 2.52. The molecule has 1 unspecified atom stereocenters. The summed E-state index contributed by atoms with van der Waals surface area (Å²) in [6, 6.07) is 4.21. The van der Waals surface area contributed by atoms with Crippen molar-refractivity contribution in [3.8, 4) is 0 Å². The van der Waals surface area contributed by atoms with Gasteiger partial charge in [0.05, 0.1) is 11.6 Å². The van der Waals surface area contributed by atoms with Crippen molar-refractivity contribution < 1.29 is 4.74 Å². The first kappa shape index (κ1) is 12.7. The second kappa shape index (κ2) is 5.10. The van der Waals surface area contributed by atoms with Crippen LogP contribution < -0.4 is 5.73 Å². The fraction of sp³-hybridized carbons (Fsp3) is 0.667. The Labute approximate surface area is 96.4 Å². The molecular formula is C12H21NOS. The Morgan fingerprint density at radius 1 is 1.40 bits per heavy atom. The van der Waals surface area contributed by atoms with Gasteiger partial charge in [0.25, 0.3) is 0 Å². The Kier molecular flexibility index (Phi) is 4.32. The minimum absolute atomic E-state index is 0.0174. The van der Waals surface area contributed by atoms with Crippen LogP contribution in [0.4, 0.5) is 0 Å². The maximum atomic E-state index is 6.30. The van der Waals surface area contributed by atoms with E-state index in [0.29, 0.717) is 0 Å². The van der Waals surface area contributed by atoms with Crippen molar-refractivity contribution in [3.05, 3.63) is 21.9 Å². The average Bonchev–Trinajstić information content (AvgIpc) is 2.68. The molecule has 0 amide bonds. The molecule has 0 saturated heterocycles. The zero-order valence-corrected chi connectivity index (χ0v) is 10.9. The number of ether oxygens (including phenoxy) is 1. The van der Waals surface area contributed by atoms with Gasteiger partial charge in [-0.1, -0.05) is 13.8 Å². The summed E-state index contributed by atoms with van der Waals surface area (Å²) in [6.45, 7) is 6.37. The number of hydrogen-bond donors (Lipinski definition) is 1. The minimum Gasteiger partial charge on any atom is -0.376 e. The lowest BCUT2D eigenvalue weighted by Gasteiger charge is -2.35. The van der Waals surface area contributed by atoms with Crippen molar-refractivity contribution in [1.29, 1.82) is 0 Å². The van der Waals surface area contributed by atoms with E-state index in [2.05, 4.69) is 32.9 Å². The van der Waals surface area contributed by atoms with Gasteiger partial charge in [0.1, 0.15) is 0 Å². The molecule has 0 bridgehead atoms. The Morgan fingerprint density at radius 2 is 2.00 bits per heavy atom. The Morgan fingerprint density at radius 3 is 2.33 bits per heavy atom. The van der Waals surface area contributed by atoms with Crippen LogP contribution in [0.2, 0.25) is 0 Å². The molecule has 0 aliphatic heterocycles. The first-order valence-corrected chi connectivity index (χ1v) is 6.28. The van der Waals surface area contributed by atoms with Crippen LogP contribution in [0, 0.1) is 6.92 Å². The fourth-order valence-corrected chi connectivity index (χ4v) is 2.97. The van der Waals surface area contributed by atoms with Crippen LogP contribution in [0.1, 0.15) is 42.5 Å². The number of rotatable bonds is 5. The molecule has 2 nitrogen and oxygen atoms in total. The number of methoxy groups -OCH3 is 1. The van der Waals surface area contributed by atoms with Gasteiger partial charge < -0.3 is 10.5 Å². The van der Waals surface area contributed by atoms with E-state index in [1.54, 1.807) is 18.4 Å². The fourth-order valence-electron chi connectivity index (χ4n) is 1.99. The van der Waals surface area contributed by atoms with Gasteiger partial charge in [0, 0.05) is 16.9 Å². The SMILES string of the molecule is CCC(CC)(OC)C(N)c1ccc(C)s1. The smallest absolute Gasteiger partial charge is 0.0873 e. The topological polar surface area (TPSA) is 35.2 Å². The predicted molar refractivity (Wildman–Crippen MR) is 66.3 cm³/mol. The maximum Gasteiger partial charge on any atom is 0.0873 e. The van der Waals surface area contributed by atoms with Crippen LogP contribution in [0.15, 0.2) is 12.1 Å². The van der Waals surface area contributed by atoms with E-state index in [1.165, 1.54) is 9.75 Å². The molecule has 86 valence electrons. The van der Waals surface area contributed by atoms with Crippen molar-refractivity contribution in [3.63, 3.8) is 0 Å². The van der Waals surface area contributed by atoms with E-state index in [4.69, 9.17) is 10.5 Å². The molecule has 0 saturated carbocycles. The van der Waals surface area contributed by atoms with Gasteiger partial charge in [-0.05, 0) is 31.9 Å². The molecule has 2 N–H and O–H groups in total. The largest absolute Gasteiger partial charge is 0.376 e. The summed E-state index contributed by atoms with van der Waals surface area (Å²) in [7, 11) is 1.76. The summed E-state index contributed by atoms with van der Waals surface area (Å²) in [5, 5.41) is 0. The van der Waals surface area contributed by atoms with E-state index in [9.17, 15) is 0 Å². The number of aryl methyl sites for hydroxylation is 1. The van der Waals surface area contributed by atoms with Crippen molar-refractivity contribution in [2.75, 3.05) is 7.11 Å². The van der Waals surface area contributed by atoms with Crippen LogP contribution in [-0.2, 0) is 4.74 Å². The lowest BCUT2D eigenvalue weighted by atomic mass is 9.88. The molecule has 0 fully saturated rings. The predicted octanol–water partition coefficient (Wildman–Crippen LogP) is 3.26. The molecule has 1 rings (SSSR count). The van der Waals surface area contributed by atoms with Gasteiger partial charge >= 0.3 is 0 Å². The molecular weight excluding hydrogens is 206 g/mol. The summed E-state index contributed by atoms with van der Waals surface area (Å²) < 4.78 is 5.64. The van der Waals surface area contributed by atoms with Crippen LogP contribution in [0.25, 0.3) is 0 Å². The van der Waals surface area contributed by atoms with E-state index >= 15 is 0 Å². The summed E-state index contributed by atoms with van der Waals surface area (Å²) in [5.41, 5.74) is 6.09. The molecule has 3 heteroatoms. The van der Waals surface area contributed by atoms with Crippen molar-refractivity contribution in [2.24, 2.45) is 5.73 Å². The third-order valence-electron chi connectivity index (χ3n) is 3.24. The molecule has 0 aliphatic rings. The molecule has 1 heterocycles. The minimum atomic E-state index is -0.211. The van der Waals surface area contributed by atoms with Crippen LogP contribution >= 0.6 is 11.3 Å². The number of thiophene rings is 1. The van der Waals surface area contributed by atoms with Crippen molar-refractivity contribution >= 4 is 11.3 Å². The highest BCUT2D eigenvalue weighted by Gasteiger charge is 2.34. The Bertz CT molecular complexity index is 296. The number of hydrogen-bond acceptors (Lipinski definition) is 3. The molecule has 0 spiro atoms. The Balaban J connectivity index is 2.94. The first-order chi connectivity index (χ1) is 7.09. The van der Waals surface area contributed by atoms with Crippen LogP contribution in [-0.4, -0.2) is 12.7 Å². The lowest BCUT2D eigenvalue weighted by molar-refractivity contribution is -0.0377. The van der Waals surface area contributed by atoms with Gasteiger partial charge in [-0.3, -0.25) is 0 Å². The van der Waals surface area contributed by atoms with Crippen molar-refractivity contribution in [1.82, 2.24) is 0 Å². The molecule has 15 heavy (non-hydrogen) atoms. The van der Waals surface area contributed by atoms with Crippen LogP contribution in [0.5, 0.6) is 0 Å². The van der Waals surface area contributed by atoms with Gasteiger partial charge in [0.15, 0.2) is 0 Å². The zero-order valence-electron chi connectivity index (χ0n) is 10.0. The highest BCUT2D eigenvalue weighted by atomic mass is 32.1. The molecule has 0 aliphatic carbocycles. The quantitative estimate of drug-likeness (QED) is 0.838. The Hall–Kier alpha value is -0.380. The van der Waals surface area contributed by atoms with E-state index in [-0.39, 0.29) is 11.6 Å². The summed E-state index contributed by atoms with van der Waals surface area (Å²) in [6.07, 6.45) is 1.89. The van der Waals surface area contributed by atoms with Gasteiger partial charge in [-0.15, -0.1) is 11.3 Å². The van der Waals surface area contributed by atoms with Crippen molar-refractivity contribution in [2.45, 2.75) is 45.3 Å². The standard InChI is InChI=1S/C12H21NOS/c1-5-12(6-2,14-4)11(13)10-8-7-9(3)15-10/h7-8,11H,5-6,13H2,1-4H3. The van der Waals surface area contributed by atoms with Gasteiger partial charge in [0.2, 0.25) is 0 Å². The molecule has 1 atom stereocenters. The summed E-state index contributed by atoms with van der Waals surface area (Å²) >= 11 is 1.76. The van der Waals surface area contributed by atoms with E-state index in [1.807, 2.05) is 0 Å². The third-order valence-corrected chi connectivity index (χ3v) is 4.32. The molecule has 0 radical (unpaired) electrons. The van der Waals surface area contributed by atoms with Gasteiger partial charge in [-0.2, -0.15) is 0 Å². The highest BCUT2D eigenvalue weighted by Crippen LogP contribution is 2.35. The first-order valence-electron chi connectivity index (χ1n) is 5.46. The van der Waals surface area contributed by atoms with Crippen LogP contribution in [0.3, 0.4) is 0 Å². The maximum absolute atomic E-state index is 6.30. The third kappa shape index (κ3) is 2.41. The molecule has 1 aromatic rings. The highest BCUT2D eigenvalue weighted by molar-refractivity contribution is 7.12. The summed E-state index contributed by atoms with van der Waals surface area (Å²) in [5.74, 6) is 0. The lowest BCUT2D eigenvalue weighted by Crippen LogP contribution is -2.41. The van der Waals surface area contributed by atoms with E-state index < -0.39 is 0 Å². The average molecular weight is 227 g/mol. The van der Waals surface area contributed by atoms with E-state index in [0.717, 1.165) is 12.8 Å². The second-order valence-corrected chi connectivity index (χ2v) is 5.22. The zero-order chi connectivity index (χ0) is 11.5. The molecule has 1 aromatic heterocycles. The normalized spacial score (nSPS) is 14.2. The number of nitrogens with two attached hydrogens (primary N) is 1. The monoisotopic (exact) mass is 227 g/mol. The second-order valence-electron chi connectivity index (χ2n) is 3.90.